The number of rotatable bonds is 2. The molecule has 0 atom stereocenters. The second-order valence-corrected chi connectivity index (χ2v) is 6.92. The van der Waals surface area contributed by atoms with Crippen molar-refractivity contribution in [1.82, 2.24) is 4.98 Å². The molecule has 2 bridgehead atoms. The van der Waals surface area contributed by atoms with Crippen LogP contribution in [0.25, 0.3) is 11.3 Å². The van der Waals surface area contributed by atoms with Crippen LogP contribution in [0.15, 0.2) is 48.4 Å². The fourth-order valence-corrected chi connectivity index (χ4v) is 3.91. The molecule has 1 heterocycles. The van der Waals surface area contributed by atoms with Crippen LogP contribution in [0.4, 0.5) is 0 Å². The first-order valence-corrected chi connectivity index (χ1v) is 8.89. The van der Waals surface area contributed by atoms with Gasteiger partial charge in [0.2, 0.25) is 0 Å². The summed E-state index contributed by atoms with van der Waals surface area (Å²) in [7, 11) is 0. The van der Waals surface area contributed by atoms with Crippen LogP contribution in [0.5, 0.6) is 0 Å². The number of hydrogen-bond acceptors (Lipinski definition) is 3. The van der Waals surface area contributed by atoms with Crippen molar-refractivity contribution in [2.24, 2.45) is 0 Å². The van der Waals surface area contributed by atoms with Gasteiger partial charge in [0, 0.05) is 32.4 Å². The SMILES string of the molecule is CC(=O)C=C(C)O.[Ir].[c-]1cc2c(cc1-c1ccccn1)C1CCC2CC1. The molecule has 0 saturated heterocycles. The number of aromatic nitrogens is 1. The molecule has 139 valence electrons. The summed E-state index contributed by atoms with van der Waals surface area (Å²) in [5.74, 6) is 1.54. The van der Waals surface area contributed by atoms with Crippen LogP contribution in [0, 0.1) is 6.07 Å². The van der Waals surface area contributed by atoms with Gasteiger partial charge in [-0.3, -0.25) is 4.79 Å². The predicted molar refractivity (Wildman–Crippen MR) is 99.5 cm³/mol. The number of aliphatic hydroxyl groups excluding tert-OH is 1. The number of carbonyl (C=O) groups excluding carboxylic acids is 1. The van der Waals surface area contributed by atoms with Crippen molar-refractivity contribution in [3.8, 4) is 11.3 Å². The molecule has 4 heteroatoms. The summed E-state index contributed by atoms with van der Waals surface area (Å²) in [5.41, 5.74) is 5.35. The molecular formula is C22H24IrNO2-. The van der Waals surface area contributed by atoms with Crippen molar-refractivity contribution in [1.29, 1.82) is 0 Å². The van der Waals surface area contributed by atoms with Gasteiger partial charge >= 0.3 is 0 Å². The Bertz CT molecular complexity index is 774. The Morgan fingerprint density at radius 1 is 1.15 bits per heavy atom. The molecule has 1 radical (unpaired) electrons. The summed E-state index contributed by atoms with van der Waals surface area (Å²) in [5, 5.41) is 8.36. The maximum absolute atomic E-state index is 10.0. The third-order valence-corrected chi connectivity index (χ3v) is 4.98. The summed E-state index contributed by atoms with van der Waals surface area (Å²) >= 11 is 0. The average Bonchev–Trinajstić information content (AvgIpc) is 2.62. The summed E-state index contributed by atoms with van der Waals surface area (Å²) in [4.78, 5) is 14.4. The fourth-order valence-electron chi connectivity index (χ4n) is 3.91. The summed E-state index contributed by atoms with van der Waals surface area (Å²) in [6, 6.07) is 14.1. The van der Waals surface area contributed by atoms with Crippen LogP contribution in [0.3, 0.4) is 0 Å². The summed E-state index contributed by atoms with van der Waals surface area (Å²) in [6.07, 6.45) is 8.55. The van der Waals surface area contributed by atoms with Gasteiger partial charge in [-0.1, -0.05) is 30.9 Å². The number of aliphatic hydroxyl groups is 1. The Balaban J connectivity index is 0.000000265. The number of nitrogens with zero attached hydrogens (tertiary/aromatic N) is 1. The van der Waals surface area contributed by atoms with Gasteiger partial charge in [0.05, 0.1) is 5.76 Å². The van der Waals surface area contributed by atoms with Gasteiger partial charge in [-0.15, -0.1) is 34.9 Å². The van der Waals surface area contributed by atoms with Gasteiger partial charge in [0.15, 0.2) is 5.78 Å². The average molecular weight is 527 g/mol. The van der Waals surface area contributed by atoms with Gasteiger partial charge < -0.3 is 10.1 Å². The van der Waals surface area contributed by atoms with E-state index in [0.717, 1.165) is 23.1 Å². The standard InChI is InChI=1S/C17H16N.C5H8O2.Ir/c1-2-10-18-17(3-1)14-8-9-15-12-4-6-13(7-5-12)16(15)11-14;1-4(6)3-5(2)7;/h1-3,9-13H,4-7H2;3,6H,1-2H3;/q-1;;. The normalized spacial score (nSPS) is 20.3. The number of allylic oxidation sites excluding steroid dienone is 2. The third kappa shape index (κ3) is 4.90. The van der Waals surface area contributed by atoms with Gasteiger partial charge in [-0.05, 0) is 44.4 Å². The molecule has 1 N–H and O–H groups in total. The van der Waals surface area contributed by atoms with E-state index in [1.54, 1.807) is 11.1 Å². The number of ketones is 1. The molecule has 1 fully saturated rings. The van der Waals surface area contributed by atoms with E-state index in [2.05, 4.69) is 29.2 Å². The molecule has 3 aliphatic carbocycles. The Hall–Kier alpha value is -1.77. The van der Waals surface area contributed by atoms with Crippen LogP contribution in [0.1, 0.15) is 62.5 Å². The largest absolute Gasteiger partial charge is 0.512 e. The van der Waals surface area contributed by atoms with Gasteiger partial charge in [0.25, 0.3) is 0 Å². The van der Waals surface area contributed by atoms with E-state index >= 15 is 0 Å². The van der Waals surface area contributed by atoms with E-state index in [-0.39, 0.29) is 31.6 Å². The number of carbonyl (C=O) groups is 1. The third-order valence-electron chi connectivity index (χ3n) is 4.98. The van der Waals surface area contributed by atoms with E-state index < -0.39 is 0 Å². The first kappa shape index (κ1) is 20.5. The maximum Gasteiger partial charge on any atom is 0.155 e. The molecule has 2 aromatic rings. The molecule has 0 amide bonds. The quantitative estimate of drug-likeness (QED) is 0.327. The second-order valence-electron chi connectivity index (χ2n) is 6.92. The number of hydrogen-bond donors (Lipinski definition) is 1. The Morgan fingerprint density at radius 3 is 2.31 bits per heavy atom. The number of pyridine rings is 1. The van der Waals surface area contributed by atoms with E-state index in [1.807, 2.05) is 18.3 Å². The first-order valence-electron chi connectivity index (χ1n) is 8.89. The van der Waals surface area contributed by atoms with Crippen LogP contribution >= 0.6 is 0 Å². The molecule has 1 aromatic heterocycles. The molecule has 1 saturated carbocycles. The second kappa shape index (κ2) is 9.25. The minimum Gasteiger partial charge on any atom is -0.512 e. The van der Waals surface area contributed by atoms with E-state index in [1.165, 1.54) is 45.6 Å². The molecule has 0 spiro atoms. The monoisotopic (exact) mass is 527 g/mol. The van der Waals surface area contributed by atoms with E-state index in [4.69, 9.17) is 5.11 Å². The van der Waals surface area contributed by atoms with Crippen molar-refractivity contribution in [2.45, 2.75) is 51.4 Å². The molecule has 0 unspecified atom stereocenters. The van der Waals surface area contributed by atoms with Gasteiger partial charge in [-0.2, -0.15) is 0 Å². The smallest absolute Gasteiger partial charge is 0.155 e. The molecular weight excluding hydrogens is 502 g/mol. The molecule has 1 aromatic carbocycles. The van der Waals surface area contributed by atoms with Crippen molar-refractivity contribution in [2.75, 3.05) is 0 Å². The van der Waals surface area contributed by atoms with E-state index in [0.29, 0.717) is 0 Å². The number of fused-ring (bicyclic) bond motifs is 2. The Morgan fingerprint density at radius 2 is 1.81 bits per heavy atom. The summed E-state index contributed by atoms with van der Waals surface area (Å²) in [6.45, 7) is 2.85. The minimum atomic E-state index is -0.125. The van der Waals surface area contributed by atoms with Gasteiger partial charge in [-0.25, -0.2) is 0 Å². The van der Waals surface area contributed by atoms with Crippen molar-refractivity contribution >= 4 is 5.78 Å². The zero-order valence-electron chi connectivity index (χ0n) is 15.2. The predicted octanol–water partition coefficient (Wildman–Crippen LogP) is 5.34. The molecule has 3 nitrogen and oxygen atoms in total. The molecule has 3 aliphatic rings. The van der Waals surface area contributed by atoms with Crippen molar-refractivity contribution in [3.05, 3.63) is 65.6 Å². The Labute approximate surface area is 168 Å². The fraction of sp³-hybridized carbons (Fsp3) is 0.364. The van der Waals surface area contributed by atoms with Crippen LogP contribution < -0.4 is 0 Å². The van der Waals surface area contributed by atoms with Gasteiger partial charge in [0.1, 0.15) is 0 Å². The van der Waals surface area contributed by atoms with Crippen LogP contribution in [0.2, 0.25) is 0 Å². The first-order chi connectivity index (χ1) is 12.0. The van der Waals surface area contributed by atoms with Crippen LogP contribution in [-0.2, 0) is 24.9 Å². The maximum atomic E-state index is 10.0. The minimum absolute atomic E-state index is 0. The van der Waals surface area contributed by atoms with E-state index in [9.17, 15) is 4.79 Å². The molecule has 5 rings (SSSR count). The molecule has 26 heavy (non-hydrogen) atoms. The van der Waals surface area contributed by atoms with Crippen molar-refractivity contribution < 1.29 is 30.0 Å². The zero-order valence-corrected chi connectivity index (χ0v) is 17.6. The molecule has 0 aliphatic heterocycles. The Kier molecular flexibility index (Phi) is 7.31. The van der Waals surface area contributed by atoms with Crippen LogP contribution in [-0.4, -0.2) is 15.9 Å². The summed E-state index contributed by atoms with van der Waals surface area (Å²) < 4.78 is 0. The zero-order chi connectivity index (χ0) is 17.8. The van der Waals surface area contributed by atoms with Crippen molar-refractivity contribution in [3.63, 3.8) is 0 Å². The topological polar surface area (TPSA) is 50.2 Å². The number of benzene rings is 1.